The van der Waals surface area contributed by atoms with Crippen molar-refractivity contribution in [1.82, 2.24) is 19.5 Å². The minimum absolute atomic E-state index is 0.633. The molecule has 2 heterocycles. The Labute approximate surface area is 352 Å². The molecule has 284 valence electrons. The van der Waals surface area contributed by atoms with Crippen LogP contribution in [0.1, 0.15) is 0 Å². The lowest BCUT2D eigenvalue weighted by Gasteiger charge is -2.13. The standard InChI is InChI=1S/C57H36N4/c1-3-13-39(14-4-1)47-31-32-50(49-22-12-11-21-48(47)49)57-59-55(40-15-5-2-6-16-40)58-56(60-57)41-25-23-37(24-26-41)38-27-29-46(30-28-38)61-53-35-44-19-9-7-17-42(44)33-51(53)52-34-43-18-8-10-20-45(43)36-54(52)61/h1-36H. The fraction of sp³-hybridized carbons (Fsp3) is 0. The molecule has 0 bridgehead atoms. The molecule has 0 spiro atoms. The molecule has 12 aromatic rings. The molecule has 0 amide bonds. The van der Waals surface area contributed by atoms with Gasteiger partial charge < -0.3 is 4.57 Å². The van der Waals surface area contributed by atoms with Crippen LogP contribution in [0.15, 0.2) is 218 Å². The summed E-state index contributed by atoms with van der Waals surface area (Å²) in [5.74, 6) is 1.92. The van der Waals surface area contributed by atoms with Crippen LogP contribution in [0.5, 0.6) is 0 Å². The first-order valence-corrected chi connectivity index (χ1v) is 20.7. The van der Waals surface area contributed by atoms with Crippen molar-refractivity contribution in [2.75, 3.05) is 0 Å². The number of hydrogen-bond acceptors (Lipinski definition) is 3. The van der Waals surface area contributed by atoms with E-state index < -0.39 is 0 Å². The molecule has 2 aromatic heterocycles. The van der Waals surface area contributed by atoms with Gasteiger partial charge >= 0.3 is 0 Å². The van der Waals surface area contributed by atoms with Gasteiger partial charge in [-0.3, -0.25) is 0 Å². The lowest BCUT2D eigenvalue weighted by molar-refractivity contribution is 1.08. The van der Waals surface area contributed by atoms with E-state index in [1.54, 1.807) is 0 Å². The second kappa shape index (κ2) is 14.3. The maximum Gasteiger partial charge on any atom is 0.164 e. The average molecular weight is 777 g/mol. The van der Waals surface area contributed by atoms with Crippen LogP contribution in [0.3, 0.4) is 0 Å². The molecule has 0 aliphatic rings. The Kier molecular flexibility index (Phi) is 8.13. The Morgan fingerprint density at radius 1 is 0.262 bits per heavy atom. The van der Waals surface area contributed by atoms with Gasteiger partial charge in [0.25, 0.3) is 0 Å². The van der Waals surface area contributed by atoms with Crippen LogP contribution in [-0.4, -0.2) is 19.5 Å². The number of benzene rings is 10. The van der Waals surface area contributed by atoms with Crippen LogP contribution in [0, 0.1) is 0 Å². The molecule has 61 heavy (non-hydrogen) atoms. The summed E-state index contributed by atoms with van der Waals surface area (Å²) in [7, 11) is 0. The SMILES string of the molecule is c1ccc(-c2nc(-c3ccc(-c4ccc(-n5c6cc7ccccc7cc6c6cc7ccccc7cc65)cc4)cc3)nc(-c3ccc(-c4ccccc4)c4ccccc34)n2)cc1. The van der Waals surface area contributed by atoms with Gasteiger partial charge in [0.1, 0.15) is 0 Å². The molecule has 0 radical (unpaired) electrons. The highest BCUT2D eigenvalue weighted by molar-refractivity contribution is 6.16. The van der Waals surface area contributed by atoms with Crippen LogP contribution in [-0.2, 0) is 0 Å². The molecule has 0 N–H and O–H groups in total. The fourth-order valence-electron chi connectivity index (χ4n) is 8.99. The number of aromatic nitrogens is 4. The van der Waals surface area contributed by atoms with E-state index in [-0.39, 0.29) is 0 Å². The zero-order valence-corrected chi connectivity index (χ0v) is 33.1. The predicted molar refractivity (Wildman–Crippen MR) is 254 cm³/mol. The molecule has 4 nitrogen and oxygen atoms in total. The molecule has 0 aliphatic heterocycles. The van der Waals surface area contributed by atoms with E-state index in [1.165, 1.54) is 54.5 Å². The third-order valence-corrected chi connectivity index (χ3v) is 12.0. The fourth-order valence-corrected chi connectivity index (χ4v) is 8.99. The van der Waals surface area contributed by atoms with E-state index in [0.717, 1.165) is 44.3 Å². The van der Waals surface area contributed by atoms with Crippen LogP contribution >= 0.6 is 0 Å². The Morgan fingerprint density at radius 3 is 1.21 bits per heavy atom. The summed E-state index contributed by atoms with van der Waals surface area (Å²) in [6.07, 6.45) is 0. The smallest absolute Gasteiger partial charge is 0.164 e. The number of rotatable bonds is 6. The molecule has 0 saturated heterocycles. The average Bonchev–Trinajstić information content (AvgIpc) is 3.64. The van der Waals surface area contributed by atoms with Gasteiger partial charge in [-0.1, -0.05) is 176 Å². The number of nitrogens with zero attached hydrogens (tertiary/aromatic N) is 4. The summed E-state index contributed by atoms with van der Waals surface area (Å²) in [5, 5.41) is 9.73. The van der Waals surface area contributed by atoms with Gasteiger partial charge in [-0.15, -0.1) is 0 Å². The molecule has 4 heteroatoms. The van der Waals surface area contributed by atoms with Gasteiger partial charge in [-0.25, -0.2) is 15.0 Å². The summed E-state index contributed by atoms with van der Waals surface area (Å²) >= 11 is 0. The first-order chi connectivity index (χ1) is 30.2. The molecule has 0 atom stereocenters. The van der Waals surface area contributed by atoms with Crippen molar-refractivity contribution < 1.29 is 0 Å². The van der Waals surface area contributed by atoms with Gasteiger partial charge in [0, 0.05) is 33.2 Å². The number of hydrogen-bond donors (Lipinski definition) is 0. The largest absolute Gasteiger partial charge is 0.309 e. The highest BCUT2D eigenvalue weighted by atomic mass is 15.0. The van der Waals surface area contributed by atoms with E-state index in [2.05, 4.69) is 205 Å². The minimum atomic E-state index is 0.633. The first kappa shape index (κ1) is 34.8. The van der Waals surface area contributed by atoms with Crippen molar-refractivity contribution in [3.05, 3.63) is 218 Å². The van der Waals surface area contributed by atoms with E-state index in [9.17, 15) is 0 Å². The van der Waals surface area contributed by atoms with Crippen molar-refractivity contribution in [1.29, 1.82) is 0 Å². The maximum absolute atomic E-state index is 5.16. The second-order valence-corrected chi connectivity index (χ2v) is 15.6. The maximum atomic E-state index is 5.16. The predicted octanol–water partition coefficient (Wildman–Crippen LogP) is 14.8. The minimum Gasteiger partial charge on any atom is -0.309 e. The van der Waals surface area contributed by atoms with Crippen molar-refractivity contribution >= 4 is 54.1 Å². The normalized spacial score (nSPS) is 11.6. The molecule has 12 rings (SSSR count). The summed E-state index contributed by atoms with van der Waals surface area (Å²) in [4.78, 5) is 15.3. The zero-order chi connectivity index (χ0) is 40.3. The van der Waals surface area contributed by atoms with Gasteiger partial charge in [0.2, 0.25) is 0 Å². The van der Waals surface area contributed by atoms with Gasteiger partial charge in [-0.2, -0.15) is 0 Å². The van der Waals surface area contributed by atoms with Gasteiger partial charge in [0.05, 0.1) is 11.0 Å². The summed E-state index contributed by atoms with van der Waals surface area (Å²) in [5.41, 5.74) is 11.0. The summed E-state index contributed by atoms with van der Waals surface area (Å²) < 4.78 is 2.41. The topological polar surface area (TPSA) is 43.6 Å². The van der Waals surface area contributed by atoms with Crippen LogP contribution in [0.2, 0.25) is 0 Å². The lowest BCUT2D eigenvalue weighted by atomic mass is 9.94. The van der Waals surface area contributed by atoms with E-state index >= 15 is 0 Å². The molecule has 0 unspecified atom stereocenters. The highest BCUT2D eigenvalue weighted by Gasteiger charge is 2.18. The first-order valence-electron chi connectivity index (χ1n) is 20.7. The molecule has 0 fully saturated rings. The second-order valence-electron chi connectivity index (χ2n) is 15.6. The quantitative estimate of drug-likeness (QED) is 0.169. The van der Waals surface area contributed by atoms with E-state index in [0.29, 0.717) is 17.5 Å². The Morgan fingerprint density at radius 2 is 0.656 bits per heavy atom. The van der Waals surface area contributed by atoms with E-state index in [1.807, 2.05) is 18.2 Å². The van der Waals surface area contributed by atoms with Crippen LogP contribution < -0.4 is 0 Å². The summed E-state index contributed by atoms with van der Waals surface area (Å²) in [6.45, 7) is 0. The molecule has 10 aromatic carbocycles. The molecular weight excluding hydrogens is 741 g/mol. The van der Waals surface area contributed by atoms with Crippen molar-refractivity contribution in [3.8, 4) is 62.1 Å². The van der Waals surface area contributed by atoms with Crippen molar-refractivity contribution in [2.24, 2.45) is 0 Å². The zero-order valence-electron chi connectivity index (χ0n) is 33.1. The van der Waals surface area contributed by atoms with Crippen LogP contribution in [0.4, 0.5) is 0 Å². The van der Waals surface area contributed by atoms with Gasteiger partial charge in [-0.05, 0) is 97.0 Å². The number of fused-ring (bicyclic) bond motifs is 6. The van der Waals surface area contributed by atoms with Crippen molar-refractivity contribution in [2.45, 2.75) is 0 Å². The molecular formula is C57H36N4. The lowest BCUT2D eigenvalue weighted by Crippen LogP contribution is -2.00. The molecule has 0 saturated carbocycles. The highest BCUT2D eigenvalue weighted by Crippen LogP contribution is 2.39. The Bertz CT molecular complexity index is 3520. The third-order valence-electron chi connectivity index (χ3n) is 12.0. The van der Waals surface area contributed by atoms with Gasteiger partial charge in [0.15, 0.2) is 17.5 Å². The summed E-state index contributed by atoms with van der Waals surface area (Å²) in [6, 6.07) is 77.7. The Balaban J connectivity index is 0.932. The van der Waals surface area contributed by atoms with Crippen LogP contribution in [0.25, 0.3) is 116 Å². The van der Waals surface area contributed by atoms with Crippen molar-refractivity contribution in [3.63, 3.8) is 0 Å². The molecule has 0 aliphatic carbocycles. The Hall–Kier alpha value is -8.21. The monoisotopic (exact) mass is 776 g/mol. The van der Waals surface area contributed by atoms with E-state index in [4.69, 9.17) is 15.0 Å². The third kappa shape index (κ3) is 6.04.